The number of hydrogen-bond donors (Lipinski definition) is 1. The van der Waals surface area contributed by atoms with Crippen molar-refractivity contribution in [1.82, 2.24) is 10.2 Å². The molecule has 0 unspecified atom stereocenters. The zero-order valence-corrected chi connectivity index (χ0v) is 13.3. The number of amides is 1. The summed E-state index contributed by atoms with van der Waals surface area (Å²) in [5.41, 5.74) is 2.13. The molecule has 0 radical (unpaired) electrons. The molecule has 1 heterocycles. The van der Waals surface area contributed by atoms with E-state index < -0.39 is 0 Å². The molecule has 3 nitrogen and oxygen atoms in total. The molecule has 1 amide bonds. The number of rotatable bonds is 4. The van der Waals surface area contributed by atoms with Crippen LogP contribution in [-0.2, 0) is 6.54 Å². The number of nitrogens with one attached hydrogen (secondary N) is 1. The lowest BCUT2D eigenvalue weighted by molar-refractivity contribution is 0.0923. The smallest absolute Gasteiger partial charge is 0.251 e. The molecule has 3 heteroatoms. The fourth-order valence-electron chi connectivity index (χ4n) is 4.63. The van der Waals surface area contributed by atoms with Gasteiger partial charge in [0.25, 0.3) is 5.91 Å². The van der Waals surface area contributed by atoms with E-state index in [4.69, 9.17) is 0 Å². The van der Waals surface area contributed by atoms with Crippen molar-refractivity contribution in [3.63, 3.8) is 0 Å². The van der Waals surface area contributed by atoms with Crippen molar-refractivity contribution >= 4 is 5.91 Å². The number of hydrogen-bond acceptors (Lipinski definition) is 2. The van der Waals surface area contributed by atoms with Gasteiger partial charge in [-0.2, -0.15) is 0 Å². The Labute approximate surface area is 133 Å². The maximum Gasteiger partial charge on any atom is 0.251 e. The van der Waals surface area contributed by atoms with E-state index in [-0.39, 0.29) is 5.91 Å². The molecule has 3 atom stereocenters. The highest BCUT2D eigenvalue weighted by atomic mass is 16.1. The van der Waals surface area contributed by atoms with Crippen LogP contribution in [0.4, 0.5) is 0 Å². The average molecular weight is 298 g/mol. The number of carbonyl (C=O) groups excluding carboxylic acids is 1. The highest BCUT2D eigenvalue weighted by Crippen LogP contribution is 2.44. The van der Waals surface area contributed by atoms with E-state index in [9.17, 15) is 4.79 Å². The largest absolute Gasteiger partial charge is 0.349 e. The predicted molar refractivity (Wildman–Crippen MR) is 87.7 cm³/mol. The molecule has 0 aromatic heterocycles. The van der Waals surface area contributed by atoms with Gasteiger partial charge in [-0.25, -0.2) is 0 Å². The highest BCUT2D eigenvalue weighted by Gasteiger charge is 2.40. The fraction of sp³-hybridized carbons (Fsp3) is 0.632. The van der Waals surface area contributed by atoms with E-state index in [1.807, 2.05) is 12.1 Å². The predicted octanol–water partition coefficient (Wildman–Crippen LogP) is 3.20. The number of carbonyl (C=O) groups is 1. The van der Waals surface area contributed by atoms with Crippen LogP contribution in [0.15, 0.2) is 24.3 Å². The lowest BCUT2D eigenvalue weighted by Gasteiger charge is -2.23. The van der Waals surface area contributed by atoms with Crippen molar-refractivity contribution in [3.05, 3.63) is 35.4 Å². The Bertz CT molecular complexity index is 533. The van der Waals surface area contributed by atoms with Crippen LogP contribution < -0.4 is 5.32 Å². The molecule has 1 aliphatic heterocycles. The third-order valence-corrected chi connectivity index (χ3v) is 5.88. The lowest BCUT2D eigenvalue weighted by Crippen LogP contribution is -2.38. The van der Waals surface area contributed by atoms with Crippen molar-refractivity contribution in [2.45, 2.75) is 51.1 Å². The lowest BCUT2D eigenvalue weighted by atomic mass is 9.95. The van der Waals surface area contributed by atoms with Gasteiger partial charge in [0, 0.05) is 18.2 Å². The molecule has 1 N–H and O–H groups in total. The molecule has 22 heavy (non-hydrogen) atoms. The Morgan fingerprint density at radius 1 is 1.09 bits per heavy atom. The van der Waals surface area contributed by atoms with Gasteiger partial charge in [0.15, 0.2) is 0 Å². The molecule has 118 valence electrons. The van der Waals surface area contributed by atoms with Gasteiger partial charge in [0.1, 0.15) is 0 Å². The van der Waals surface area contributed by atoms with Crippen molar-refractivity contribution < 1.29 is 4.79 Å². The standard InChI is InChI=1S/C19H26N2O/c22-19(20-18-12-15-5-8-17(18)11-15)16-6-3-14(4-7-16)13-21-9-1-2-10-21/h3-4,6-7,15,17-18H,1-2,5,8-13H2,(H,20,22)/t15-,17-,18-/m0/s1. The van der Waals surface area contributed by atoms with E-state index in [0.717, 1.165) is 23.9 Å². The van der Waals surface area contributed by atoms with Crippen LogP contribution in [0, 0.1) is 11.8 Å². The maximum atomic E-state index is 12.4. The molecular weight excluding hydrogens is 272 g/mol. The zero-order chi connectivity index (χ0) is 14.9. The van der Waals surface area contributed by atoms with Crippen LogP contribution in [0.2, 0.25) is 0 Å². The number of benzene rings is 1. The molecule has 2 saturated carbocycles. The van der Waals surface area contributed by atoms with E-state index >= 15 is 0 Å². The zero-order valence-electron chi connectivity index (χ0n) is 13.3. The van der Waals surface area contributed by atoms with E-state index in [1.165, 1.54) is 57.2 Å². The van der Waals surface area contributed by atoms with Crippen LogP contribution in [0.1, 0.15) is 54.4 Å². The Morgan fingerprint density at radius 2 is 1.86 bits per heavy atom. The first-order valence-corrected chi connectivity index (χ1v) is 8.90. The second-order valence-electron chi connectivity index (χ2n) is 7.43. The Morgan fingerprint density at radius 3 is 2.50 bits per heavy atom. The molecule has 4 rings (SSSR count). The Kier molecular flexibility index (Phi) is 3.91. The minimum atomic E-state index is 0.116. The van der Waals surface area contributed by atoms with Gasteiger partial charge < -0.3 is 5.32 Å². The normalized spacial score (nSPS) is 30.8. The topological polar surface area (TPSA) is 32.3 Å². The summed E-state index contributed by atoms with van der Waals surface area (Å²) < 4.78 is 0. The van der Waals surface area contributed by atoms with Gasteiger partial charge in [0.2, 0.25) is 0 Å². The first-order chi connectivity index (χ1) is 10.8. The highest BCUT2D eigenvalue weighted by molar-refractivity contribution is 5.94. The van der Waals surface area contributed by atoms with Crippen LogP contribution >= 0.6 is 0 Å². The first kappa shape index (κ1) is 14.3. The van der Waals surface area contributed by atoms with Crippen LogP contribution in [0.5, 0.6) is 0 Å². The van der Waals surface area contributed by atoms with Crippen LogP contribution in [-0.4, -0.2) is 29.9 Å². The molecule has 3 aliphatic rings. The summed E-state index contributed by atoms with van der Waals surface area (Å²) in [6, 6.07) is 8.65. The van der Waals surface area contributed by atoms with Crippen molar-refractivity contribution in [2.24, 2.45) is 11.8 Å². The number of likely N-dealkylation sites (tertiary alicyclic amines) is 1. The van der Waals surface area contributed by atoms with Gasteiger partial charge >= 0.3 is 0 Å². The summed E-state index contributed by atoms with van der Waals surface area (Å²) in [4.78, 5) is 14.9. The summed E-state index contributed by atoms with van der Waals surface area (Å²) in [5.74, 6) is 1.73. The molecule has 1 aromatic rings. The molecule has 2 aliphatic carbocycles. The monoisotopic (exact) mass is 298 g/mol. The van der Waals surface area contributed by atoms with Crippen LogP contribution in [0.3, 0.4) is 0 Å². The van der Waals surface area contributed by atoms with E-state index in [1.54, 1.807) is 0 Å². The van der Waals surface area contributed by atoms with Gasteiger partial charge in [0.05, 0.1) is 0 Å². The van der Waals surface area contributed by atoms with Gasteiger partial charge in [-0.1, -0.05) is 18.6 Å². The third kappa shape index (κ3) is 2.91. The molecule has 2 bridgehead atoms. The second-order valence-corrected chi connectivity index (χ2v) is 7.43. The Hall–Kier alpha value is -1.35. The fourth-order valence-corrected chi connectivity index (χ4v) is 4.63. The number of fused-ring (bicyclic) bond motifs is 2. The van der Waals surface area contributed by atoms with Crippen LogP contribution in [0.25, 0.3) is 0 Å². The third-order valence-electron chi connectivity index (χ3n) is 5.88. The summed E-state index contributed by atoms with van der Waals surface area (Å²) in [6.07, 6.45) is 7.86. The summed E-state index contributed by atoms with van der Waals surface area (Å²) in [5, 5.41) is 3.27. The SMILES string of the molecule is O=C(N[C@H]1C[C@H]2CC[C@H]1C2)c1ccc(CN2CCCC2)cc1. The minimum Gasteiger partial charge on any atom is -0.349 e. The molecule has 0 spiro atoms. The Balaban J connectivity index is 1.34. The van der Waals surface area contributed by atoms with Crippen molar-refractivity contribution in [2.75, 3.05) is 13.1 Å². The molecule has 1 aromatic carbocycles. The number of nitrogens with zero attached hydrogens (tertiary/aromatic N) is 1. The van der Waals surface area contributed by atoms with E-state index in [2.05, 4.69) is 22.3 Å². The maximum absolute atomic E-state index is 12.4. The van der Waals surface area contributed by atoms with Gasteiger partial charge in [-0.05, 0) is 74.7 Å². The van der Waals surface area contributed by atoms with Gasteiger partial charge in [-0.3, -0.25) is 9.69 Å². The quantitative estimate of drug-likeness (QED) is 0.926. The molecular formula is C19H26N2O. The summed E-state index contributed by atoms with van der Waals surface area (Å²) >= 11 is 0. The average Bonchev–Trinajstić information content (AvgIpc) is 3.25. The van der Waals surface area contributed by atoms with Crippen molar-refractivity contribution in [1.29, 1.82) is 0 Å². The van der Waals surface area contributed by atoms with Gasteiger partial charge in [-0.15, -0.1) is 0 Å². The van der Waals surface area contributed by atoms with Crippen molar-refractivity contribution in [3.8, 4) is 0 Å². The first-order valence-electron chi connectivity index (χ1n) is 8.90. The summed E-state index contributed by atoms with van der Waals surface area (Å²) in [7, 11) is 0. The van der Waals surface area contributed by atoms with E-state index in [0.29, 0.717) is 6.04 Å². The molecule has 3 fully saturated rings. The molecule has 1 saturated heterocycles. The minimum absolute atomic E-state index is 0.116. The second kappa shape index (κ2) is 6.04. The summed E-state index contributed by atoms with van der Waals surface area (Å²) in [6.45, 7) is 3.45.